The van der Waals surface area contributed by atoms with Gasteiger partial charge in [0.15, 0.2) is 0 Å². The van der Waals surface area contributed by atoms with Crippen LogP contribution in [0.3, 0.4) is 0 Å². The third-order valence-corrected chi connectivity index (χ3v) is 2.13. The van der Waals surface area contributed by atoms with Gasteiger partial charge in [-0.25, -0.2) is 0 Å². The lowest BCUT2D eigenvalue weighted by Gasteiger charge is -2.21. The summed E-state index contributed by atoms with van der Waals surface area (Å²) in [4.78, 5) is 10.9. The van der Waals surface area contributed by atoms with Crippen LogP contribution in [0.1, 0.15) is 32.1 Å². The molecule has 1 fully saturated rings. The summed E-state index contributed by atoms with van der Waals surface area (Å²) in [6, 6.07) is 0.282. The van der Waals surface area contributed by atoms with Gasteiger partial charge in [-0.1, -0.05) is 24.4 Å². The first-order chi connectivity index (χ1) is 5.83. The Labute approximate surface area is 71.6 Å². The fourth-order valence-electron chi connectivity index (χ4n) is 1.54. The highest BCUT2D eigenvalue weighted by Crippen LogP contribution is 2.16. The van der Waals surface area contributed by atoms with Gasteiger partial charge in [0.05, 0.1) is 0 Å². The van der Waals surface area contributed by atoms with Crippen molar-refractivity contribution in [3.8, 4) is 0 Å². The number of nitrogens with one attached hydrogen (secondary N) is 1. The van der Waals surface area contributed by atoms with Crippen molar-refractivity contribution in [1.82, 2.24) is 5.32 Å². The zero-order chi connectivity index (χ0) is 8.81. The highest BCUT2D eigenvalue weighted by Gasteiger charge is 2.14. The highest BCUT2D eigenvalue weighted by atomic mass is 16.4. The Hall–Kier alpha value is -1.06. The molecule has 0 spiro atoms. The molecule has 1 aliphatic carbocycles. The lowest BCUT2D eigenvalue weighted by molar-refractivity contribution is -0.115. The summed E-state index contributed by atoms with van der Waals surface area (Å²) in [5, 5.41) is 13.5. The van der Waals surface area contributed by atoms with Crippen LogP contribution >= 0.6 is 0 Å². The Morgan fingerprint density at radius 2 is 2.08 bits per heavy atom. The number of carbonyl (C=O) groups is 1. The monoisotopic (exact) mass is 170 g/mol. The molecule has 0 atom stereocenters. The predicted molar refractivity (Wildman–Crippen MR) is 45.3 cm³/mol. The molecule has 0 bridgehead atoms. The number of rotatable bonds is 2. The van der Waals surface area contributed by atoms with Gasteiger partial charge in [0, 0.05) is 6.04 Å². The van der Waals surface area contributed by atoms with Gasteiger partial charge in [-0.05, 0) is 12.8 Å². The average molecular weight is 170 g/mol. The largest absolute Gasteiger partial charge is 0.411 e. The Balaban J connectivity index is 2.24. The summed E-state index contributed by atoms with van der Waals surface area (Å²) in [7, 11) is 0. The van der Waals surface area contributed by atoms with Gasteiger partial charge in [0.25, 0.3) is 5.91 Å². The molecule has 4 nitrogen and oxygen atoms in total. The average Bonchev–Trinajstić information content (AvgIpc) is 2.06. The number of carbonyl (C=O) groups excluding carboxylic acids is 1. The highest BCUT2D eigenvalue weighted by molar-refractivity contribution is 6.26. The topological polar surface area (TPSA) is 61.7 Å². The lowest BCUT2D eigenvalue weighted by atomic mass is 9.95. The van der Waals surface area contributed by atoms with Crippen molar-refractivity contribution in [2.24, 2.45) is 5.16 Å². The number of hydrogen-bond donors (Lipinski definition) is 2. The van der Waals surface area contributed by atoms with Crippen LogP contribution in [0.15, 0.2) is 5.16 Å². The molecule has 0 radical (unpaired) electrons. The van der Waals surface area contributed by atoms with Crippen molar-refractivity contribution >= 4 is 12.1 Å². The molecule has 0 saturated heterocycles. The maximum Gasteiger partial charge on any atom is 0.266 e. The molecule has 68 valence electrons. The summed E-state index contributed by atoms with van der Waals surface area (Å²) in [6.45, 7) is 0. The van der Waals surface area contributed by atoms with E-state index < -0.39 is 0 Å². The molecule has 0 aromatic rings. The smallest absolute Gasteiger partial charge is 0.266 e. The van der Waals surface area contributed by atoms with Crippen LogP contribution < -0.4 is 5.32 Å². The first-order valence-corrected chi connectivity index (χ1v) is 4.31. The minimum Gasteiger partial charge on any atom is -0.411 e. The maximum absolute atomic E-state index is 10.9. The van der Waals surface area contributed by atoms with E-state index >= 15 is 0 Å². The SMILES string of the molecule is O=C(/C=N/O)NC1CCCCC1. The minimum absolute atomic E-state index is 0.282. The van der Waals surface area contributed by atoms with E-state index in [1.807, 2.05) is 0 Å². The van der Waals surface area contributed by atoms with Crippen LogP contribution in [0.25, 0.3) is 0 Å². The molecule has 4 heteroatoms. The molecule has 1 aliphatic rings. The summed E-state index contributed by atoms with van der Waals surface area (Å²) in [5.74, 6) is -0.301. The summed E-state index contributed by atoms with van der Waals surface area (Å²) in [6.07, 6.45) is 6.62. The minimum atomic E-state index is -0.301. The fourth-order valence-corrected chi connectivity index (χ4v) is 1.54. The second-order valence-electron chi connectivity index (χ2n) is 3.09. The summed E-state index contributed by atoms with van der Waals surface area (Å²) < 4.78 is 0. The van der Waals surface area contributed by atoms with Crippen LogP contribution in [-0.4, -0.2) is 23.4 Å². The molecule has 0 aliphatic heterocycles. The van der Waals surface area contributed by atoms with E-state index in [1.165, 1.54) is 19.3 Å². The maximum atomic E-state index is 10.9. The zero-order valence-corrected chi connectivity index (χ0v) is 6.99. The number of hydrogen-bond acceptors (Lipinski definition) is 3. The van der Waals surface area contributed by atoms with E-state index in [2.05, 4.69) is 10.5 Å². The van der Waals surface area contributed by atoms with Gasteiger partial charge in [0.1, 0.15) is 6.21 Å². The molecule has 0 aromatic heterocycles. The first kappa shape index (κ1) is 9.03. The lowest BCUT2D eigenvalue weighted by Crippen LogP contribution is -2.36. The molecule has 1 amide bonds. The van der Waals surface area contributed by atoms with Crippen molar-refractivity contribution in [3.63, 3.8) is 0 Å². The van der Waals surface area contributed by atoms with E-state index in [9.17, 15) is 4.79 Å². The van der Waals surface area contributed by atoms with Crippen molar-refractivity contribution in [2.75, 3.05) is 0 Å². The van der Waals surface area contributed by atoms with Crippen LogP contribution in [0, 0.1) is 0 Å². The van der Waals surface area contributed by atoms with Gasteiger partial charge >= 0.3 is 0 Å². The normalized spacial score (nSPS) is 19.7. The fraction of sp³-hybridized carbons (Fsp3) is 0.750. The summed E-state index contributed by atoms with van der Waals surface area (Å²) >= 11 is 0. The molecule has 1 saturated carbocycles. The third-order valence-electron chi connectivity index (χ3n) is 2.13. The van der Waals surface area contributed by atoms with Gasteiger partial charge in [-0.15, -0.1) is 0 Å². The molecular formula is C8H14N2O2. The molecule has 12 heavy (non-hydrogen) atoms. The van der Waals surface area contributed by atoms with E-state index in [0.717, 1.165) is 19.1 Å². The van der Waals surface area contributed by atoms with Gasteiger partial charge in [-0.2, -0.15) is 0 Å². The number of nitrogens with zero attached hydrogens (tertiary/aromatic N) is 1. The quantitative estimate of drug-likeness (QED) is 0.367. The Kier molecular flexibility index (Phi) is 3.57. The second-order valence-corrected chi connectivity index (χ2v) is 3.09. The molecular weight excluding hydrogens is 156 g/mol. The first-order valence-electron chi connectivity index (χ1n) is 4.31. The number of amides is 1. The van der Waals surface area contributed by atoms with Crippen LogP contribution in [0.4, 0.5) is 0 Å². The van der Waals surface area contributed by atoms with Crippen LogP contribution in [0.2, 0.25) is 0 Å². The zero-order valence-electron chi connectivity index (χ0n) is 6.99. The van der Waals surface area contributed by atoms with E-state index in [-0.39, 0.29) is 11.9 Å². The predicted octanol–water partition coefficient (Wildman–Crippen LogP) is 0.895. The van der Waals surface area contributed by atoms with Crippen LogP contribution in [0.5, 0.6) is 0 Å². The van der Waals surface area contributed by atoms with Crippen molar-refractivity contribution in [3.05, 3.63) is 0 Å². The Bertz CT molecular complexity index is 174. The van der Waals surface area contributed by atoms with Gasteiger partial charge in [-0.3, -0.25) is 4.79 Å². The van der Waals surface area contributed by atoms with E-state index in [4.69, 9.17) is 5.21 Å². The number of oxime groups is 1. The Morgan fingerprint density at radius 3 is 2.67 bits per heavy atom. The molecule has 0 aromatic carbocycles. The standard InChI is InChI=1S/C8H14N2O2/c11-8(6-9-12)10-7-4-2-1-3-5-7/h6-7,12H,1-5H2,(H,10,11)/b9-6+. The Morgan fingerprint density at radius 1 is 1.42 bits per heavy atom. The van der Waals surface area contributed by atoms with Crippen molar-refractivity contribution in [2.45, 2.75) is 38.1 Å². The van der Waals surface area contributed by atoms with Gasteiger partial charge < -0.3 is 10.5 Å². The van der Waals surface area contributed by atoms with Crippen molar-refractivity contribution < 1.29 is 10.0 Å². The van der Waals surface area contributed by atoms with Gasteiger partial charge in [0.2, 0.25) is 0 Å². The second kappa shape index (κ2) is 4.74. The van der Waals surface area contributed by atoms with E-state index in [1.54, 1.807) is 0 Å². The molecule has 2 N–H and O–H groups in total. The third kappa shape index (κ3) is 2.90. The molecule has 1 rings (SSSR count). The summed E-state index contributed by atoms with van der Waals surface area (Å²) in [5.41, 5.74) is 0. The van der Waals surface area contributed by atoms with E-state index in [0.29, 0.717) is 0 Å². The van der Waals surface area contributed by atoms with Crippen molar-refractivity contribution in [1.29, 1.82) is 0 Å². The van der Waals surface area contributed by atoms with Crippen LogP contribution in [-0.2, 0) is 4.79 Å². The molecule has 0 unspecified atom stereocenters. The molecule has 0 heterocycles.